The molecule has 1 aromatic heterocycles. The van der Waals surface area contributed by atoms with Crippen molar-refractivity contribution < 1.29 is 14.3 Å². The predicted molar refractivity (Wildman–Crippen MR) is 111 cm³/mol. The molecule has 29 heavy (non-hydrogen) atoms. The van der Waals surface area contributed by atoms with Gasteiger partial charge in [-0.2, -0.15) is 0 Å². The summed E-state index contributed by atoms with van der Waals surface area (Å²) in [6, 6.07) is 18.9. The van der Waals surface area contributed by atoms with Gasteiger partial charge in [-0.3, -0.25) is 9.59 Å². The molecule has 0 saturated heterocycles. The first-order valence-electron chi connectivity index (χ1n) is 9.37. The van der Waals surface area contributed by atoms with E-state index in [1.165, 1.54) is 0 Å². The first-order valence-corrected chi connectivity index (χ1v) is 9.37. The molecule has 2 aromatic carbocycles. The zero-order valence-electron chi connectivity index (χ0n) is 16.5. The Morgan fingerprint density at radius 3 is 2.28 bits per heavy atom. The van der Waals surface area contributed by atoms with E-state index in [2.05, 4.69) is 10.3 Å². The standard InChI is InChI=1S/C23H24N2O4/c1-16-12-17(2)25-23(27)21(16)13-24-22(26)15-29-20-10-8-19(9-11-20)28-14-18-6-4-3-5-7-18/h3-12H,13-15H2,1-2H3,(H,24,26)(H,25,27). The molecule has 3 rings (SSSR count). The van der Waals surface area contributed by atoms with Gasteiger partial charge >= 0.3 is 0 Å². The molecule has 1 amide bonds. The molecule has 0 spiro atoms. The molecule has 150 valence electrons. The Labute approximate surface area is 169 Å². The Morgan fingerprint density at radius 2 is 1.62 bits per heavy atom. The number of aromatic amines is 1. The fourth-order valence-electron chi connectivity index (χ4n) is 2.86. The average Bonchev–Trinajstić information content (AvgIpc) is 2.71. The van der Waals surface area contributed by atoms with Crippen molar-refractivity contribution in [3.8, 4) is 11.5 Å². The molecular formula is C23H24N2O4. The molecule has 0 aliphatic carbocycles. The van der Waals surface area contributed by atoms with E-state index in [0.29, 0.717) is 17.9 Å². The zero-order chi connectivity index (χ0) is 20.6. The van der Waals surface area contributed by atoms with Crippen molar-refractivity contribution in [3.63, 3.8) is 0 Å². The van der Waals surface area contributed by atoms with Gasteiger partial charge in [0.05, 0.1) is 0 Å². The fourth-order valence-corrected chi connectivity index (χ4v) is 2.86. The second-order valence-electron chi connectivity index (χ2n) is 6.75. The van der Waals surface area contributed by atoms with E-state index in [-0.39, 0.29) is 24.6 Å². The third-order valence-corrected chi connectivity index (χ3v) is 4.40. The van der Waals surface area contributed by atoms with Crippen LogP contribution in [0.5, 0.6) is 11.5 Å². The highest BCUT2D eigenvalue weighted by Gasteiger charge is 2.08. The molecular weight excluding hydrogens is 368 g/mol. The van der Waals surface area contributed by atoms with Gasteiger partial charge in [-0.05, 0) is 55.3 Å². The first-order chi connectivity index (χ1) is 14.0. The maximum absolute atomic E-state index is 12.0. The quantitative estimate of drug-likeness (QED) is 0.617. The van der Waals surface area contributed by atoms with Crippen molar-refractivity contribution in [3.05, 3.63) is 93.4 Å². The topological polar surface area (TPSA) is 80.4 Å². The van der Waals surface area contributed by atoms with Crippen LogP contribution in [0.25, 0.3) is 0 Å². The Bertz CT molecular complexity index is 1010. The third-order valence-electron chi connectivity index (χ3n) is 4.40. The van der Waals surface area contributed by atoms with Crippen LogP contribution in [-0.4, -0.2) is 17.5 Å². The lowest BCUT2D eigenvalue weighted by Gasteiger charge is -2.10. The molecule has 3 aromatic rings. The summed E-state index contributed by atoms with van der Waals surface area (Å²) in [6.07, 6.45) is 0. The number of benzene rings is 2. The van der Waals surface area contributed by atoms with E-state index >= 15 is 0 Å². The number of rotatable bonds is 8. The molecule has 0 atom stereocenters. The largest absolute Gasteiger partial charge is 0.489 e. The van der Waals surface area contributed by atoms with Gasteiger partial charge in [0.15, 0.2) is 6.61 Å². The lowest BCUT2D eigenvalue weighted by atomic mass is 10.1. The predicted octanol–water partition coefficient (Wildman–Crippen LogP) is 3.27. The summed E-state index contributed by atoms with van der Waals surface area (Å²) in [7, 11) is 0. The normalized spacial score (nSPS) is 10.4. The maximum atomic E-state index is 12.0. The summed E-state index contributed by atoms with van der Waals surface area (Å²) in [5.74, 6) is 0.991. The third kappa shape index (κ3) is 5.97. The molecule has 0 fully saturated rings. The van der Waals surface area contributed by atoms with E-state index in [9.17, 15) is 9.59 Å². The second-order valence-corrected chi connectivity index (χ2v) is 6.75. The minimum atomic E-state index is -0.297. The molecule has 0 radical (unpaired) electrons. The zero-order valence-corrected chi connectivity index (χ0v) is 16.5. The number of H-pyrrole nitrogens is 1. The van der Waals surface area contributed by atoms with Crippen LogP contribution in [0.15, 0.2) is 65.5 Å². The SMILES string of the molecule is Cc1cc(C)c(CNC(=O)COc2ccc(OCc3ccccc3)cc2)c(=O)[nH]1. The van der Waals surface area contributed by atoms with Crippen LogP contribution in [0.4, 0.5) is 0 Å². The lowest BCUT2D eigenvalue weighted by molar-refractivity contribution is -0.123. The Morgan fingerprint density at radius 1 is 0.966 bits per heavy atom. The van der Waals surface area contributed by atoms with E-state index in [0.717, 1.165) is 22.6 Å². The van der Waals surface area contributed by atoms with Crippen LogP contribution in [0.2, 0.25) is 0 Å². The number of pyridine rings is 1. The van der Waals surface area contributed by atoms with Crippen LogP contribution >= 0.6 is 0 Å². The second kappa shape index (κ2) is 9.59. The Hall–Kier alpha value is -3.54. The molecule has 0 bridgehead atoms. The Balaban J connectivity index is 1.45. The summed E-state index contributed by atoms with van der Waals surface area (Å²) in [6.45, 7) is 4.19. The van der Waals surface area contributed by atoms with E-state index in [4.69, 9.17) is 9.47 Å². The number of aromatic nitrogens is 1. The van der Waals surface area contributed by atoms with Gasteiger partial charge in [0.1, 0.15) is 18.1 Å². The van der Waals surface area contributed by atoms with Gasteiger partial charge in [0, 0.05) is 17.8 Å². The van der Waals surface area contributed by atoms with Gasteiger partial charge in [-0.25, -0.2) is 0 Å². The number of carbonyl (C=O) groups is 1. The fraction of sp³-hybridized carbons (Fsp3) is 0.217. The van der Waals surface area contributed by atoms with E-state index in [1.54, 1.807) is 24.3 Å². The highest BCUT2D eigenvalue weighted by molar-refractivity contribution is 5.77. The van der Waals surface area contributed by atoms with Crippen molar-refractivity contribution in [2.45, 2.75) is 27.0 Å². The lowest BCUT2D eigenvalue weighted by Crippen LogP contribution is -2.31. The molecule has 1 heterocycles. The van der Waals surface area contributed by atoms with Gasteiger partial charge in [0.25, 0.3) is 11.5 Å². The summed E-state index contributed by atoms with van der Waals surface area (Å²) in [4.78, 5) is 26.7. The number of nitrogens with one attached hydrogen (secondary N) is 2. The number of hydrogen-bond donors (Lipinski definition) is 2. The number of carbonyl (C=O) groups excluding carboxylic acids is 1. The highest BCUT2D eigenvalue weighted by Crippen LogP contribution is 2.18. The molecule has 0 aliphatic rings. The molecule has 0 unspecified atom stereocenters. The summed E-state index contributed by atoms with van der Waals surface area (Å²) in [5.41, 5.74) is 3.09. The van der Waals surface area contributed by atoms with E-state index < -0.39 is 0 Å². The van der Waals surface area contributed by atoms with Crippen molar-refractivity contribution >= 4 is 5.91 Å². The molecule has 6 heteroatoms. The number of aryl methyl sites for hydroxylation is 2. The van der Waals surface area contributed by atoms with Crippen molar-refractivity contribution in [1.29, 1.82) is 0 Å². The minimum absolute atomic E-state index is 0.132. The minimum Gasteiger partial charge on any atom is -0.489 e. The monoisotopic (exact) mass is 392 g/mol. The first kappa shape index (κ1) is 20.2. The Kier molecular flexibility index (Phi) is 6.68. The van der Waals surface area contributed by atoms with Crippen molar-refractivity contribution in [2.24, 2.45) is 0 Å². The summed E-state index contributed by atoms with van der Waals surface area (Å²) < 4.78 is 11.2. The summed E-state index contributed by atoms with van der Waals surface area (Å²) in [5, 5.41) is 2.71. The van der Waals surface area contributed by atoms with Gasteiger partial charge in [-0.15, -0.1) is 0 Å². The maximum Gasteiger partial charge on any atom is 0.258 e. The molecule has 0 saturated carbocycles. The van der Waals surface area contributed by atoms with Crippen LogP contribution in [-0.2, 0) is 17.9 Å². The van der Waals surface area contributed by atoms with Crippen molar-refractivity contribution in [1.82, 2.24) is 10.3 Å². The number of amides is 1. The smallest absolute Gasteiger partial charge is 0.258 e. The van der Waals surface area contributed by atoms with Crippen LogP contribution in [0, 0.1) is 13.8 Å². The number of ether oxygens (including phenoxy) is 2. The highest BCUT2D eigenvalue weighted by atomic mass is 16.5. The molecule has 0 aliphatic heterocycles. The van der Waals surface area contributed by atoms with Gasteiger partial charge in [-0.1, -0.05) is 30.3 Å². The molecule has 6 nitrogen and oxygen atoms in total. The van der Waals surface area contributed by atoms with Gasteiger partial charge < -0.3 is 19.8 Å². The number of hydrogen-bond acceptors (Lipinski definition) is 4. The molecule has 2 N–H and O–H groups in total. The van der Waals surface area contributed by atoms with Gasteiger partial charge in [0.2, 0.25) is 0 Å². The summed E-state index contributed by atoms with van der Waals surface area (Å²) >= 11 is 0. The van der Waals surface area contributed by atoms with Crippen LogP contribution in [0.3, 0.4) is 0 Å². The van der Waals surface area contributed by atoms with Crippen molar-refractivity contribution in [2.75, 3.05) is 6.61 Å². The van der Waals surface area contributed by atoms with Crippen LogP contribution in [0.1, 0.15) is 22.4 Å². The van der Waals surface area contributed by atoms with Crippen LogP contribution < -0.4 is 20.3 Å². The average molecular weight is 392 g/mol. The van der Waals surface area contributed by atoms with E-state index in [1.807, 2.05) is 50.2 Å².